The van der Waals surface area contributed by atoms with Crippen LogP contribution < -0.4 is 5.56 Å². The summed E-state index contributed by atoms with van der Waals surface area (Å²) in [5.41, 5.74) is 1.89. The van der Waals surface area contributed by atoms with E-state index in [1.54, 1.807) is 18.7 Å². The molecule has 1 fully saturated rings. The molecule has 0 aliphatic carbocycles. The maximum Gasteiger partial charge on any atom is 0.251 e. The molecule has 3 heterocycles. The number of carbonyl (C=O) groups excluding carboxylic acids is 1. The van der Waals surface area contributed by atoms with E-state index in [9.17, 15) is 9.59 Å². The monoisotopic (exact) mass is 332 g/mol. The Morgan fingerprint density at radius 3 is 2.88 bits per heavy atom. The lowest BCUT2D eigenvalue weighted by atomic mass is 10.1. The molecular formula is C16H20N4O4. The molecule has 1 amide bonds. The summed E-state index contributed by atoms with van der Waals surface area (Å²) >= 11 is 0. The van der Waals surface area contributed by atoms with Crippen molar-refractivity contribution >= 4 is 5.91 Å². The molecular weight excluding hydrogens is 312 g/mol. The Kier molecular flexibility index (Phi) is 4.48. The Balaban J connectivity index is 1.73. The van der Waals surface area contributed by atoms with Crippen LogP contribution in [0.1, 0.15) is 34.6 Å². The number of amides is 1. The third kappa shape index (κ3) is 3.38. The van der Waals surface area contributed by atoms with E-state index in [0.29, 0.717) is 37.0 Å². The highest BCUT2D eigenvalue weighted by Gasteiger charge is 2.27. The van der Waals surface area contributed by atoms with Gasteiger partial charge in [-0.3, -0.25) is 9.59 Å². The minimum atomic E-state index is -0.395. The van der Waals surface area contributed by atoms with Gasteiger partial charge in [0.25, 0.3) is 5.56 Å². The van der Waals surface area contributed by atoms with Crippen molar-refractivity contribution in [3.8, 4) is 0 Å². The minimum absolute atomic E-state index is 0.0146. The second-order valence-electron chi connectivity index (χ2n) is 5.93. The predicted octanol–water partition coefficient (Wildman–Crippen LogP) is 0.826. The SMILES string of the molecule is Cc1nc([C@@H]2CN(C(=O)Cc3c(C)noc3C)CCO2)cc(=O)[nH]1. The number of ether oxygens (including phenoxy) is 1. The number of carbonyl (C=O) groups is 1. The molecule has 2 aromatic rings. The van der Waals surface area contributed by atoms with Crippen LogP contribution in [0.4, 0.5) is 0 Å². The largest absolute Gasteiger partial charge is 0.368 e. The van der Waals surface area contributed by atoms with E-state index in [2.05, 4.69) is 15.1 Å². The van der Waals surface area contributed by atoms with Crippen molar-refractivity contribution in [3.05, 3.63) is 45.0 Å². The topological polar surface area (TPSA) is 101 Å². The van der Waals surface area contributed by atoms with Crippen LogP contribution in [-0.4, -0.2) is 45.6 Å². The highest BCUT2D eigenvalue weighted by atomic mass is 16.5. The maximum absolute atomic E-state index is 12.6. The van der Waals surface area contributed by atoms with Crippen molar-refractivity contribution in [2.24, 2.45) is 0 Å². The zero-order valence-electron chi connectivity index (χ0n) is 14.0. The van der Waals surface area contributed by atoms with Gasteiger partial charge < -0.3 is 19.1 Å². The number of rotatable bonds is 3. The summed E-state index contributed by atoms with van der Waals surface area (Å²) in [5, 5.41) is 3.88. The van der Waals surface area contributed by atoms with E-state index in [-0.39, 0.29) is 17.9 Å². The van der Waals surface area contributed by atoms with Crippen molar-refractivity contribution in [1.82, 2.24) is 20.0 Å². The Morgan fingerprint density at radius 1 is 1.42 bits per heavy atom. The molecule has 0 bridgehead atoms. The number of aromatic amines is 1. The van der Waals surface area contributed by atoms with Crippen LogP contribution in [0.15, 0.2) is 15.4 Å². The number of nitrogens with one attached hydrogen (secondary N) is 1. The molecule has 3 rings (SSSR count). The molecule has 0 aromatic carbocycles. The molecule has 0 unspecified atom stereocenters. The van der Waals surface area contributed by atoms with Crippen LogP contribution in [-0.2, 0) is 16.0 Å². The summed E-state index contributed by atoms with van der Waals surface area (Å²) in [6, 6.07) is 1.42. The third-order valence-electron chi connectivity index (χ3n) is 4.14. The summed E-state index contributed by atoms with van der Waals surface area (Å²) in [4.78, 5) is 32.9. The van der Waals surface area contributed by atoms with Gasteiger partial charge in [-0.1, -0.05) is 5.16 Å². The predicted molar refractivity (Wildman–Crippen MR) is 84.5 cm³/mol. The second-order valence-corrected chi connectivity index (χ2v) is 5.93. The average molecular weight is 332 g/mol. The molecule has 1 atom stereocenters. The molecule has 8 heteroatoms. The normalized spacial score (nSPS) is 18.0. The maximum atomic E-state index is 12.6. The van der Waals surface area contributed by atoms with Gasteiger partial charge in [-0.15, -0.1) is 0 Å². The minimum Gasteiger partial charge on any atom is -0.368 e. The molecule has 0 radical (unpaired) electrons. The molecule has 0 saturated carbocycles. The fourth-order valence-corrected chi connectivity index (χ4v) is 2.84. The lowest BCUT2D eigenvalue weighted by molar-refractivity contribution is -0.138. The first kappa shape index (κ1) is 16.4. The quantitative estimate of drug-likeness (QED) is 0.893. The van der Waals surface area contributed by atoms with Gasteiger partial charge in [-0.05, 0) is 20.8 Å². The highest BCUT2D eigenvalue weighted by Crippen LogP contribution is 2.21. The van der Waals surface area contributed by atoms with E-state index in [1.807, 2.05) is 6.92 Å². The Labute approximate surface area is 138 Å². The number of nitrogens with zero attached hydrogens (tertiary/aromatic N) is 3. The van der Waals surface area contributed by atoms with Gasteiger partial charge >= 0.3 is 0 Å². The molecule has 1 N–H and O–H groups in total. The Morgan fingerprint density at radius 2 is 2.21 bits per heavy atom. The first-order valence-corrected chi connectivity index (χ1v) is 7.83. The standard InChI is InChI=1S/C16H20N4O4/c1-9-12(10(2)24-19-9)6-16(22)20-4-5-23-14(8-20)13-7-15(21)18-11(3)17-13/h7,14H,4-6,8H2,1-3H3,(H,17,18,21)/t14-/m0/s1. The van der Waals surface area contributed by atoms with Crippen LogP contribution in [0.3, 0.4) is 0 Å². The third-order valence-corrected chi connectivity index (χ3v) is 4.14. The van der Waals surface area contributed by atoms with Crippen LogP contribution in [0.5, 0.6) is 0 Å². The molecule has 8 nitrogen and oxygen atoms in total. The zero-order valence-corrected chi connectivity index (χ0v) is 14.0. The number of hydrogen-bond donors (Lipinski definition) is 1. The molecule has 1 saturated heterocycles. The van der Waals surface area contributed by atoms with E-state index in [1.165, 1.54) is 6.07 Å². The molecule has 0 spiro atoms. The molecule has 1 aliphatic rings. The van der Waals surface area contributed by atoms with Crippen LogP contribution in [0, 0.1) is 20.8 Å². The van der Waals surface area contributed by atoms with Crippen molar-refractivity contribution in [2.75, 3.05) is 19.7 Å². The number of hydrogen-bond acceptors (Lipinski definition) is 6. The Bertz CT molecular complexity index is 791. The van der Waals surface area contributed by atoms with Crippen molar-refractivity contribution in [3.63, 3.8) is 0 Å². The van der Waals surface area contributed by atoms with Crippen molar-refractivity contribution < 1.29 is 14.1 Å². The second kappa shape index (κ2) is 6.56. The zero-order chi connectivity index (χ0) is 17.3. The van der Waals surface area contributed by atoms with Crippen LogP contribution in [0.2, 0.25) is 0 Å². The summed E-state index contributed by atoms with van der Waals surface area (Å²) < 4.78 is 10.8. The summed E-state index contributed by atoms with van der Waals surface area (Å²) in [6.45, 7) is 6.64. The van der Waals surface area contributed by atoms with E-state index in [4.69, 9.17) is 9.26 Å². The Hall–Kier alpha value is -2.48. The van der Waals surface area contributed by atoms with Gasteiger partial charge in [-0.25, -0.2) is 4.98 Å². The number of aryl methyl sites for hydroxylation is 3. The van der Waals surface area contributed by atoms with E-state index in [0.717, 1.165) is 11.3 Å². The van der Waals surface area contributed by atoms with Crippen molar-refractivity contribution in [1.29, 1.82) is 0 Å². The lowest BCUT2D eigenvalue weighted by Crippen LogP contribution is -2.43. The summed E-state index contributed by atoms with van der Waals surface area (Å²) in [7, 11) is 0. The summed E-state index contributed by atoms with van der Waals surface area (Å²) in [6.07, 6.45) is -0.149. The van der Waals surface area contributed by atoms with Gasteiger partial charge in [0.2, 0.25) is 5.91 Å². The van der Waals surface area contributed by atoms with Gasteiger partial charge in [0.05, 0.1) is 31.0 Å². The van der Waals surface area contributed by atoms with E-state index >= 15 is 0 Å². The van der Waals surface area contributed by atoms with Crippen LogP contribution in [0.25, 0.3) is 0 Å². The van der Waals surface area contributed by atoms with Gasteiger partial charge in [0.15, 0.2) is 0 Å². The average Bonchev–Trinajstić information content (AvgIpc) is 2.86. The smallest absolute Gasteiger partial charge is 0.251 e. The number of morpholine rings is 1. The fraction of sp³-hybridized carbons (Fsp3) is 0.500. The van der Waals surface area contributed by atoms with Crippen molar-refractivity contribution in [2.45, 2.75) is 33.3 Å². The lowest BCUT2D eigenvalue weighted by Gasteiger charge is -2.32. The fourth-order valence-electron chi connectivity index (χ4n) is 2.84. The van der Waals surface area contributed by atoms with Gasteiger partial charge in [-0.2, -0.15) is 0 Å². The van der Waals surface area contributed by atoms with Gasteiger partial charge in [0.1, 0.15) is 17.7 Å². The first-order chi connectivity index (χ1) is 11.4. The molecule has 1 aliphatic heterocycles. The highest BCUT2D eigenvalue weighted by molar-refractivity contribution is 5.79. The van der Waals surface area contributed by atoms with E-state index < -0.39 is 6.10 Å². The number of H-pyrrole nitrogens is 1. The summed E-state index contributed by atoms with van der Waals surface area (Å²) in [5.74, 6) is 1.18. The first-order valence-electron chi connectivity index (χ1n) is 7.83. The molecule has 128 valence electrons. The molecule has 24 heavy (non-hydrogen) atoms. The van der Waals surface area contributed by atoms with Crippen LogP contribution >= 0.6 is 0 Å². The van der Waals surface area contributed by atoms with Gasteiger partial charge in [0, 0.05) is 18.2 Å². The molecule has 2 aromatic heterocycles. The number of aromatic nitrogens is 3.